The van der Waals surface area contributed by atoms with Crippen LogP contribution < -0.4 is 14.8 Å². The summed E-state index contributed by atoms with van der Waals surface area (Å²) in [4.78, 5) is 0. The molecule has 4 nitrogen and oxygen atoms in total. The minimum atomic E-state index is -0.105. The molecule has 0 radical (unpaired) electrons. The molecular formula is C15H25NO3. The van der Waals surface area contributed by atoms with Crippen LogP contribution in [0.3, 0.4) is 0 Å². The number of ether oxygens (including phenoxy) is 2. The van der Waals surface area contributed by atoms with Crippen molar-refractivity contribution < 1.29 is 14.6 Å². The van der Waals surface area contributed by atoms with Crippen LogP contribution in [-0.4, -0.2) is 32.0 Å². The van der Waals surface area contributed by atoms with E-state index in [0.29, 0.717) is 6.61 Å². The number of hydrogen-bond donors (Lipinski definition) is 2. The highest BCUT2D eigenvalue weighted by atomic mass is 16.5. The van der Waals surface area contributed by atoms with Gasteiger partial charge in [0.05, 0.1) is 20.3 Å². The summed E-state index contributed by atoms with van der Waals surface area (Å²) >= 11 is 0. The summed E-state index contributed by atoms with van der Waals surface area (Å²) in [6, 6.07) is 5.76. The van der Waals surface area contributed by atoms with E-state index >= 15 is 0 Å². The normalized spacial score (nSPS) is 13.7. The van der Waals surface area contributed by atoms with Gasteiger partial charge >= 0.3 is 0 Å². The van der Waals surface area contributed by atoms with Crippen LogP contribution in [0.2, 0.25) is 0 Å². The smallest absolute Gasteiger partial charge is 0.163 e. The molecule has 0 saturated heterocycles. The molecule has 0 bridgehead atoms. The van der Waals surface area contributed by atoms with E-state index in [4.69, 9.17) is 9.47 Å². The Labute approximate surface area is 115 Å². The standard InChI is InChI=1S/C15H25NO3/c1-5-15(3,11-17)10-16-12-7-8-13(18-4)14(9-12)19-6-2/h7-9,16-17H,5-6,10-11H2,1-4H3. The predicted molar refractivity (Wildman–Crippen MR) is 78.1 cm³/mol. The average Bonchev–Trinajstić information content (AvgIpc) is 2.45. The van der Waals surface area contributed by atoms with E-state index in [2.05, 4.69) is 19.2 Å². The molecule has 0 amide bonds. The number of rotatable bonds is 8. The Kier molecular flexibility index (Phi) is 5.96. The van der Waals surface area contributed by atoms with Crippen LogP contribution in [0.5, 0.6) is 11.5 Å². The van der Waals surface area contributed by atoms with Crippen molar-refractivity contribution in [3.05, 3.63) is 18.2 Å². The first kappa shape index (κ1) is 15.6. The van der Waals surface area contributed by atoms with E-state index in [1.54, 1.807) is 7.11 Å². The first-order valence-electron chi connectivity index (χ1n) is 6.74. The number of hydrogen-bond acceptors (Lipinski definition) is 4. The quantitative estimate of drug-likeness (QED) is 0.760. The highest BCUT2D eigenvalue weighted by Crippen LogP contribution is 2.31. The lowest BCUT2D eigenvalue weighted by Gasteiger charge is -2.26. The molecule has 0 heterocycles. The van der Waals surface area contributed by atoms with Crippen LogP contribution in [0.1, 0.15) is 27.2 Å². The fourth-order valence-corrected chi connectivity index (χ4v) is 1.66. The molecule has 0 aliphatic carbocycles. The lowest BCUT2D eigenvalue weighted by Crippen LogP contribution is -2.29. The van der Waals surface area contributed by atoms with Gasteiger partial charge in [-0.05, 0) is 25.5 Å². The molecule has 1 atom stereocenters. The summed E-state index contributed by atoms with van der Waals surface area (Å²) < 4.78 is 10.8. The van der Waals surface area contributed by atoms with Crippen molar-refractivity contribution in [1.29, 1.82) is 0 Å². The summed E-state index contributed by atoms with van der Waals surface area (Å²) in [5.74, 6) is 1.46. The van der Waals surface area contributed by atoms with E-state index in [9.17, 15) is 5.11 Å². The molecule has 4 heteroatoms. The van der Waals surface area contributed by atoms with Crippen molar-refractivity contribution in [3.63, 3.8) is 0 Å². The maximum absolute atomic E-state index is 9.40. The van der Waals surface area contributed by atoms with Crippen LogP contribution >= 0.6 is 0 Å². The zero-order valence-corrected chi connectivity index (χ0v) is 12.3. The summed E-state index contributed by atoms with van der Waals surface area (Å²) in [5, 5.41) is 12.7. The highest BCUT2D eigenvalue weighted by molar-refractivity contribution is 5.54. The van der Waals surface area contributed by atoms with Gasteiger partial charge < -0.3 is 19.9 Å². The van der Waals surface area contributed by atoms with Gasteiger partial charge in [0.15, 0.2) is 11.5 Å². The molecular weight excluding hydrogens is 242 g/mol. The number of benzene rings is 1. The number of aliphatic hydroxyl groups excluding tert-OH is 1. The molecule has 19 heavy (non-hydrogen) atoms. The van der Waals surface area contributed by atoms with E-state index in [1.165, 1.54) is 0 Å². The Morgan fingerprint density at radius 1 is 1.26 bits per heavy atom. The Morgan fingerprint density at radius 3 is 2.53 bits per heavy atom. The van der Waals surface area contributed by atoms with Crippen LogP contribution in [0.25, 0.3) is 0 Å². The topological polar surface area (TPSA) is 50.7 Å². The molecule has 108 valence electrons. The minimum absolute atomic E-state index is 0.105. The van der Waals surface area contributed by atoms with Crippen molar-refractivity contribution in [2.75, 3.05) is 32.2 Å². The molecule has 0 aromatic heterocycles. The van der Waals surface area contributed by atoms with Gasteiger partial charge in [-0.25, -0.2) is 0 Å². The second-order valence-electron chi connectivity index (χ2n) is 4.97. The van der Waals surface area contributed by atoms with Crippen molar-refractivity contribution in [2.45, 2.75) is 27.2 Å². The van der Waals surface area contributed by atoms with Gasteiger partial charge in [-0.3, -0.25) is 0 Å². The Balaban J connectivity index is 2.76. The number of anilines is 1. The second kappa shape index (κ2) is 7.24. The van der Waals surface area contributed by atoms with Crippen LogP contribution in [0.15, 0.2) is 18.2 Å². The molecule has 0 aliphatic rings. The Bertz CT molecular complexity index is 389. The van der Waals surface area contributed by atoms with Gasteiger partial charge in [-0.2, -0.15) is 0 Å². The largest absolute Gasteiger partial charge is 0.493 e. The lowest BCUT2D eigenvalue weighted by atomic mass is 9.88. The lowest BCUT2D eigenvalue weighted by molar-refractivity contribution is 0.149. The summed E-state index contributed by atoms with van der Waals surface area (Å²) in [6.45, 7) is 7.58. The zero-order chi connectivity index (χ0) is 14.3. The number of methoxy groups -OCH3 is 1. The zero-order valence-electron chi connectivity index (χ0n) is 12.3. The molecule has 1 unspecified atom stereocenters. The van der Waals surface area contributed by atoms with E-state index in [0.717, 1.165) is 30.2 Å². The molecule has 0 spiro atoms. The maximum atomic E-state index is 9.40. The van der Waals surface area contributed by atoms with Gasteiger partial charge in [0.1, 0.15) is 0 Å². The third-order valence-corrected chi connectivity index (χ3v) is 3.42. The van der Waals surface area contributed by atoms with E-state index in [1.807, 2.05) is 25.1 Å². The van der Waals surface area contributed by atoms with Crippen molar-refractivity contribution in [2.24, 2.45) is 5.41 Å². The van der Waals surface area contributed by atoms with Crippen LogP contribution in [-0.2, 0) is 0 Å². The Morgan fingerprint density at radius 2 is 2.00 bits per heavy atom. The minimum Gasteiger partial charge on any atom is -0.493 e. The summed E-state index contributed by atoms with van der Waals surface area (Å²) in [6.07, 6.45) is 0.922. The third kappa shape index (κ3) is 4.31. The fraction of sp³-hybridized carbons (Fsp3) is 0.600. The molecule has 1 aromatic carbocycles. The highest BCUT2D eigenvalue weighted by Gasteiger charge is 2.20. The van der Waals surface area contributed by atoms with Gasteiger partial charge in [-0.1, -0.05) is 13.8 Å². The van der Waals surface area contributed by atoms with Crippen molar-refractivity contribution in [3.8, 4) is 11.5 Å². The van der Waals surface area contributed by atoms with Gasteiger partial charge in [-0.15, -0.1) is 0 Å². The van der Waals surface area contributed by atoms with Crippen LogP contribution in [0, 0.1) is 5.41 Å². The fourth-order valence-electron chi connectivity index (χ4n) is 1.66. The molecule has 1 rings (SSSR count). The Hall–Kier alpha value is -1.42. The maximum Gasteiger partial charge on any atom is 0.163 e. The van der Waals surface area contributed by atoms with Crippen molar-refractivity contribution in [1.82, 2.24) is 0 Å². The molecule has 0 fully saturated rings. The SMILES string of the molecule is CCOc1cc(NCC(C)(CC)CO)ccc1OC. The molecule has 0 aliphatic heterocycles. The van der Waals surface area contributed by atoms with Gasteiger partial charge in [0.25, 0.3) is 0 Å². The first-order valence-corrected chi connectivity index (χ1v) is 6.74. The molecule has 1 aromatic rings. The van der Waals surface area contributed by atoms with Crippen LogP contribution in [0.4, 0.5) is 5.69 Å². The van der Waals surface area contributed by atoms with Crippen molar-refractivity contribution >= 4 is 5.69 Å². The summed E-state index contributed by atoms with van der Waals surface area (Å²) in [7, 11) is 1.63. The van der Waals surface area contributed by atoms with Gasteiger partial charge in [0.2, 0.25) is 0 Å². The first-order chi connectivity index (χ1) is 9.08. The second-order valence-corrected chi connectivity index (χ2v) is 4.97. The third-order valence-electron chi connectivity index (χ3n) is 3.42. The summed E-state index contributed by atoms with van der Waals surface area (Å²) in [5.41, 5.74) is 0.864. The molecule has 0 saturated carbocycles. The molecule has 2 N–H and O–H groups in total. The predicted octanol–water partition coefficient (Wildman–Crippen LogP) is 2.91. The number of aliphatic hydroxyl groups is 1. The monoisotopic (exact) mass is 267 g/mol. The van der Waals surface area contributed by atoms with E-state index in [-0.39, 0.29) is 12.0 Å². The van der Waals surface area contributed by atoms with Gasteiger partial charge in [0, 0.05) is 23.7 Å². The number of nitrogens with one attached hydrogen (secondary N) is 1. The van der Waals surface area contributed by atoms with E-state index < -0.39 is 0 Å². The average molecular weight is 267 g/mol.